The van der Waals surface area contributed by atoms with Crippen LogP contribution in [0.15, 0.2) is 11.1 Å². The van der Waals surface area contributed by atoms with Gasteiger partial charge in [-0.3, -0.25) is 9.78 Å². The Morgan fingerprint density at radius 3 is 2.95 bits per heavy atom. The fraction of sp³-hybridized carbons (Fsp3) is 0.583. The second-order valence-electron chi connectivity index (χ2n) is 5.43. The highest BCUT2D eigenvalue weighted by Crippen LogP contribution is 2.47. The molecule has 0 bridgehead atoms. The average Bonchev–Trinajstić information content (AvgIpc) is 2.78. The van der Waals surface area contributed by atoms with E-state index in [2.05, 4.69) is 15.0 Å². The smallest absolute Gasteiger partial charge is 0.280 e. The Morgan fingerprint density at radius 1 is 1.55 bits per heavy atom. The topological polar surface area (TPSA) is 130 Å². The third kappa shape index (κ3) is 1.80. The molecule has 0 aromatic carbocycles. The van der Waals surface area contributed by atoms with E-state index in [4.69, 9.17) is 5.73 Å². The van der Waals surface area contributed by atoms with Crippen molar-refractivity contribution in [1.82, 2.24) is 19.5 Å². The van der Waals surface area contributed by atoms with Gasteiger partial charge in [-0.15, -0.1) is 0 Å². The summed E-state index contributed by atoms with van der Waals surface area (Å²) in [5.74, 6) is 0.0962. The Morgan fingerprint density at radius 2 is 2.35 bits per heavy atom. The van der Waals surface area contributed by atoms with Crippen molar-refractivity contribution in [3.63, 3.8) is 0 Å². The zero-order chi connectivity index (χ0) is 14.3. The van der Waals surface area contributed by atoms with Crippen LogP contribution >= 0.6 is 0 Å². The van der Waals surface area contributed by atoms with Crippen molar-refractivity contribution < 1.29 is 10.2 Å². The molecule has 0 aliphatic heterocycles. The van der Waals surface area contributed by atoms with Crippen LogP contribution in [0.5, 0.6) is 0 Å². The number of rotatable bonds is 4. The fourth-order valence-electron chi connectivity index (χ4n) is 2.93. The molecule has 1 aliphatic carbocycles. The monoisotopic (exact) mass is 279 g/mol. The average molecular weight is 279 g/mol. The van der Waals surface area contributed by atoms with Crippen molar-refractivity contribution in [3.8, 4) is 0 Å². The number of imidazole rings is 1. The number of aliphatic hydroxyl groups excluding tert-OH is 2. The molecule has 0 saturated heterocycles. The summed E-state index contributed by atoms with van der Waals surface area (Å²) < 4.78 is 1.72. The molecule has 20 heavy (non-hydrogen) atoms. The minimum absolute atomic E-state index is 0.0173. The zero-order valence-corrected chi connectivity index (χ0v) is 10.9. The van der Waals surface area contributed by atoms with Crippen LogP contribution in [0.25, 0.3) is 11.2 Å². The van der Waals surface area contributed by atoms with E-state index in [0.29, 0.717) is 12.2 Å². The quantitative estimate of drug-likeness (QED) is 0.573. The van der Waals surface area contributed by atoms with Gasteiger partial charge in [0.1, 0.15) is 0 Å². The lowest BCUT2D eigenvalue weighted by Gasteiger charge is -2.48. The van der Waals surface area contributed by atoms with E-state index in [1.807, 2.05) is 0 Å². The van der Waals surface area contributed by atoms with E-state index in [1.165, 1.54) is 6.33 Å². The van der Waals surface area contributed by atoms with E-state index < -0.39 is 0 Å². The van der Waals surface area contributed by atoms with E-state index in [0.717, 1.165) is 12.8 Å². The summed E-state index contributed by atoms with van der Waals surface area (Å²) in [6.45, 7) is 0.487. The molecule has 1 unspecified atom stereocenters. The normalized spacial score (nSPS) is 25.8. The van der Waals surface area contributed by atoms with Crippen LogP contribution in [0.1, 0.15) is 12.8 Å². The van der Waals surface area contributed by atoms with Gasteiger partial charge in [-0.05, 0) is 18.8 Å². The summed E-state index contributed by atoms with van der Waals surface area (Å²) in [5, 5.41) is 19.0. The molecule has 2 atom stereocenters. The first kappa shape index (κ1) is 13.1. The first-order chi connectivity index (χ1) is 9.59. The first-order valence-electron chi connectivity index (χ1n) is 6.52. The lowest BCUT2D eigenvalue weighted by Crippen LogP contribution is -2.48. The van der Waals surface area contributed by atoms with Crippen LogP contribution in [-0.2, 0) is 6.54 Å². The van der Waals surface area contributed by atoms with E-state index in [-0.39, 0.29) is 41.6 Å². The molecule has 1 aliphatic rings. The summed E-state index contributed by atoms with van der Waals surface area (Å²) in [7, 11) is 0. The van der Waals surface area contributed by atoms with Gasteiger partial charge in [0.2, 0.25) is 5.95 Å². The maximum absolute atomic E-state index is 11.7. The van der Waals surface area contributed by atoms with Gasteiger partial charge in [0, 0.05) is 18.6 Å². The molecular weight excluding hydrogens is 262 g/mol. The Labute approximate surface area is 114 Å². The third-order valence-electron chi connectivity index (χ3n) is 4.37. The number of H-pyrrole nitrogens is 1. The van der Waals surface area contributed by atoms with Gasteiger partial charge in [0.05, 0.1) is 12.9 Å². The predicted octanol–water partition coefficient (Wildman–Crippen LogP) is -0.917. The van der Waals surface area contributed by atoms with Gasteiger partial charge in [-0.25, -0.2) is 4.98 Å². The molecular formula is C12H17N5O3. The fourth-order valence-corrected chi connectivity index (χ4v) is 2.93. The molecule has 3 rings (SSSR count). The number of fused-ring (bicyclic) bond motifs is 1. The number of aliphatic hydroxyl groups is 2. The molecule has 2 aromatic heterocycles. The largest absolute Gasteiger partial charge is 0.396 e. The minimum atomic E-state index is -0.378. The predicted molar refractivity (Wildman–Crippen MR) is 71.9 cm³/mol. The van der Waals surface area contributed by atoms with Gasteiger partial charge >= 0.3 is 0 Å². The number of nitrogens with one attached hydrogen (secondary N) is 1. The van der Waals surface area contributed by atoms with Crippen LogP contribution in [0, 0.1) is 11.3 Å². The molecule has 1 saturated carbocycles. The van der Waals surface area contributed by atoms with Crippen LogP contribution in [0.3, 0.4) is 0 Å². The molecule has 108 valence electrons. The lowest BCUT2D eigenvalue weighted by molar-refractivity contribution is -0.0651. The van der Waals surface area contributed by atoms with E-state index in [9.17, 15) is 15.0 Å². The van der Waals surface area contributed by atoms with Crippen molar-refractivity contribution >= 4 is 17.1 Å². The number of hydrogen-bond donors (Lipinski definition) is 4. The summed E-state index contributed by atoms with van der Waals surface area (Å²) >= 11 is 0. The minimum Gasteiger partial charge on any atom is -0.396 e. The van der Waals surface area contributed by atoms with Gasteiger partial charge in [-0.1, -0.05) is 0 Å². The Balaban J connectivity index is 2.01. The summed E-state index contributed by atoms with van der Waals surface area (Å²) in [5.41, 5.74) is 5.43. The Bertz CT molecular complexity index is 688. The van der Waals surface area contributed by atoms with Gasteiger partial charge in [0.25, 0.3) is 5.56 Å². The second-order valence-corrected chi connectivity index (χ2v) is 5.43. The number of nitrogens with zero attached hydrogens (tertiary/aromatic N) is 3. The summed E-state index contributed by atoms with van der Waals surface area (Å²) in [6.07, 6.45) is 3.24. The zero-order valence-electron chi connectivity index (χ0n) is 10.9. The van der Waals surface area contributed by atoms with Crippen molar-refractivity contribution in [2.24, 2.45) is 11.3 Å². The van der Waals surface area contributed by atoms with Crippen LogP contribution in [0.2, 0.25) is 0 Å². The van der Waals surface area contributed by atoms with Gasteiger partial charge in [-0.2, -0.15) is 4.98 Å². The van der Waals surface area contributed by atoms with Crippen molar-refractivity contribution in [2.45, 2.75) is 19.4 Å². The molecule has 0 amide bonds. The Hall–Kier alpha value is -1.93. The molecule has 0 spiro atoms. The summed E-state index contributed by atoms with van der Waals surface area (Å²) in [6, 6.07) is 0. The lowest BCUT2D eigenvalue weighted by atomic mass is 9.60. The molecule has 2 aromatic rings. The van der Waals surface area contributed by atoms with Gasteiger partial charge in [0.15, 0.2) is 11.2 Å². The molecule has 0 radical (unpaired) electrons. The van der Waals surface area contributed by atoms with Crippen molar-refractivity contribution in [3.05, 3.63) is 16.7 Å². The number of hydrogen-bond acceptors (Lipinski definition) is 6. The number of nitrogens with two attached hydrogens (primary N) is 1. The molecule has 8 nitrogen and oxygen atoms in total. The number of nitrogen functional groups attached to an aromatic ring is 1. The maximum Gasteiger partial charge on any atom is 0.280 e. The summed E-state index contributed by atoms with van der Waals surface area (Å²) in [4.78, 5) is 22.3. The molecule has 2 heterocycles. The van der Waals surface area contributed by atoms with E-state index >= 15 is 0 Å². The van der Waals surface area contributed by atoms with Crippen molar-refractivity contribution in [1.29, 1.82) is 0 Å². The van der Waals surface area contributed by atoms with E-state index in [1.54, 1.807) is 4.57 Å². The first-order valence-corrected chi connectivity index (χ1v) is 6.52. The number of aromatic nitrogens is 4. The molecule has 5 N–H and O–H groups in total. The maximum atomic E-state index is 11.7. The standard InChI is InChI=1S/C12H17N5O3/c13-11-15-9-8(10(20)16-11)14-6-17(9)4-12(5-19)2-1-7(12)3-18/h6-7,18-19H,1-5H2,(H3,13,15,16,20)/t7?,12-/m1/s1. The Kier molecular flexibility index (Phi) is 2.98. The highest BCUT2D eigenvalue weighted by molar-refractivity contribution is 5.70. The van der Waals surface area contributed by atoms with Crippen molar-refractivity contribution in [2.75, 3.05) is 18.9 Å². The molecule has 8 heteroatoms. The number of anilines is 1. The highest BCUT2D eigenvalue weighted by Gasteiger charge is 2.46. The second kappa shape index (κ2) is 4.57. The van der Waals surface area contributed by atoms with Crippen LogP contribution in [0.4, 0.5) is 5.95 Å². The van der Waals surface area contributed by atoms with Crippen LogP contribution < -0.4 is 11.3 Å². The SMILES string of the molecule is Nc1nc2c(ncn2C[C@@]2(CO)CCC2CO)c(=O)[nH]1. The van der Waals surface area contributed by atoms with Gasteiger partial charge < -0.3 is 20.5 Å². The highest BCUT2D eigenvalue weighted by atomic mass is 16.3. The third-order valence-corrected chi connectivity index (χ3v) is 4.37. The number of aromatic amines is 1. The van der Waals surface area contributed by atoms with Crippen LogP contribution in [-0.4, -0.2) is 42.9 Å². The molecule has 1 fully saturated rings.